The molecule has 0 aromatic heterocycles. The fourth-order valence-corrected chi connectivity index (χ4v) is 3.51. The molecule has 22 heavy (non-hydrogen) atoms. The fourth-order valence-electron chi connectivity index (χ4n) is 3.51. The summed E-state index contributed by atoms with van der Waals surface area (Å²) in [6.07, 6.45) is 2.32. The van der Waals surface area contributed by atoms with Gasteiger partial charge in [-0.3, -0.25) is 9.69 Å². The van der Waals surface area contributed by atoms with E-state index < -0.39 is 11.5 Å². The van der Waals surface area contributed by atoms with Crippen molar-refractivity contribution in [3.8, 4) is 5.75 Å². The fraction of sp³-hybridized carbons (Fsp3) is 0.588. The summed E-state index contributed by atoms with van der Waals surface area (Å²) in [5, 5.41) is 10.8. The number of nitrogens with two attached hydrogens (primary N) is 1. The van der Waals surface area contributed by atoms with Crippen molar-refractivity contribution in [2.24, 2.45) is 17.6 Å². The normalized spacial score (nSPS) is 28.7. The lowest BCUT2D eigenvalue weighted by atomic mass is 9.88. The monoisotopic (exact) mass is 304 g/mol. The molecule has 2 atom stereocenters. The molecule has 0 unspecified atom stereocenters. The van der Waals surface area contributed by atoms with Gasteiger partial charge in [0.25, 0.3) is 5.91 Å². The largest absolute Gasteiger partial charge is 0.484 e. The third kappa shape index (κ3) is 3.25. The van der Waals surface area contributed by atoms with E-state index in [4.69, 9.17) is 10.5 Å². The maximum atomic E-state index is 10.8. The third-order valence-electron chi connectivity index (χ3n) is 4.83. The Bertz CT molecular complexity index is 559. The molecule has 5 heteroatoms. The summed E-state index contributed by atoms with van der Waals surface area (Å²) < 4.78 is 5.34. The van der Waals surface area contributed by atoms with Gasteiger partial charge in [-0.25, -0.2) is 0 Å². The van der Waals surface area contributed by atoms with Crippen molar-refractivity contribution in [2.75, 3.05) is 19.7 Å². The van der Waals surface area contributed by atoms with E-state index in [2.05, 4.69) is 11.8 Å². The lowest BCUT2D eigenvalue weighted by Crippen LogP contribution is -2.39. The Balaban J connectivity index is 1.61. The molecule has 1 saturated heterocycles. The van der Waals surface area contributed by atoms with Crippen molar-refractivity contribution in [3.05, 3.63) is 29.8 Å². The van der Waals surface area contributed by atoms with Gasteiger partial charge in [0.05, 0.1) is 5.60 Å². The number of aliphatic hydroxyl groups is 1. The molecule has 0 bridgehead atoms. The first-order chi connectivity index (χ1) is 10.5. The van der Waals surface area contributed by atoms with Crippen molar-refractivity contribution in [1.82, 2.24) is 4.90 Å². The van der Waals surface area contributed by atoms with E-state index >= 15 is 0 Å². The van der Waals surface area contributed by atoms with Crippen molar-refractivity contribution in [2.45, 2.75) is 31.9 Å². The number of primary amides is 1. The van der Waals surface area contributed by atoms with Crippen LogP contribution in [0, 0.1) is 11.8 Å². The van der Waals surface area contributed by atoms with Crippen LogP contribution in [0.2, 0.25) is 0 Å². The number of nitrogens with zero attached hydrogens (tertiary/aromatic N) is 1. The first-order valence-electron chi connectivity index (χ1n) is 7.92. The van der Waals surface area contributed by atoms with E-state index in [1.807, 2.05) is 24.3 Å². The molecule has 2 fully saturated rings. The molecule has 0 spiro atoms. The van der Waals surface area contributed by atoms with E-state index in [0.717, 1.165) is 38.0 Å². The average Bonchev–Trinajstić information content (AvgIpc) is 3.26. The second kappa shape index (κ2) is 5.89. The number of rotatable bonds is 6. The molecule has 3 rings (SSSR count). The Labute approximate surface area is 131 Å². The Hall–Kier alpha value is -1.59. The van der Waals surface area contributed by atoms with Gasteiger partial charge in [-0.1, -0.05) is 19.1 Å². The zero-order valence-electron chi connectivity index (χ0n) is 13.0. The lowest BCUT2D eigenvalue weighted by Gasteiger charge is -2.26. The Morgan fingerprint density at radius 2 is 2.27 bits per heavy atom. The van der Waals surface area contributed by atoms with Crippen LogP contribution in [0.5, 0.6) is 5.75 Å². The highest BCUT2D eigenvalue weighted by molar-refractivity contribution is 5.75. The van der Waals surface area contributed by atoms with Crippen LogP contribution in [0.25, 0.3) is 0 Å². The van der Waals surface area contributed by atoms with Crippen molar-refractivity contribution in [3.63, 3.8) is 0 Å². The number of ether oxygens (including phenoxy) is 1. The molecule has 1 saturated carbocycles. The molecule has 0 radical (unpaired) electrons. The predicted octanol–water partition coefficient (Wildman–Crippen LogP) is 1.14. The van der Waals surface area contributed by atoms with E-state index in [9.17, 15) is 9.90 Å². The van der Waals surface area contributed by atoms with Gasteiger partial charge in [0.15, 0.2) is 6.61 Å². The van der Waals surface area contributed by atoms with Gasteiger partial charge in [-0.2, -0.15) is 0 Å². The number of benzene rings is 1. The standard InChI is InChI=1S/C17H24N2O3/c1-12-8-19(11-17(12,21)14-5-6-14)9-13-3-2-4-15(7-13)22-10-16(18)20/h2-4,7,12,14,21H,5-6,8-11H2,1H3,(H2,18,20)/t12-,17+/m1/s1. The second-order valence-corrected chi connectivity index (χ2v) is 6.74. The zero-order valence-corrected chi connectivity index (χ0v) is 13.0. The van der Waals surface area contributed by atoms with Crippen LogP contribution in [0.4, 0.5) is 0 Å². The minimum atomic E-state index is -0.514. The van der Waals surface area contributed by atoms with Crippen LogP contribution in [0.15, 0.2) is 24.3 Å². The SMILES string of the molecule is C[C@@H]1CN(Cc2cccc(OCC(N)=O)c2)C[C@@]1(O)C1CC1. The van der Waals surface area contributed by atoms with Gasteiger partial charge in [0.1, 0.15) is 5.75 Å². The number of carbonyl (C=O) groups is 1. The maximum absolute atomic E-state index is 10.8. The highest BCUT2D eigenvalue weighted by Gasteiger charge is 2.52. The number of β-amino-alcohol motifs (C(OH)–C–C–N with tert-alkyl or cyclic N) is 1. The molecule has 1 aliphatic carbocycles. The molecule has 1 aliphatic heterocycles. The second-order valence-electron chi connectivity index (χ2n) is 6.74. The van der Waals surface area contributed by atoms with Crippen LogP contribution in [-0.2, 0) is 11.3 Å². The van der Waals surface area contributed by atoms with Crippen LogP contribution in [0.1, 0.15) is 25.3 Å². The van der Waals surface area contributed by atoms with E-state index in [0.29, 0.717) is 17.6 Å². The topological polar surface area (TPSA) is 75.8 Å². The van der Waals surface area contributed by atoms with Crippen LogP contribution in [0.3, 0.4) is 0 Å². The number of hydrogen-bond donors (Lipinski definition) is 2. The first-order valence-corrected chi connectivity index (χ1v) is 7.92. The van der Waals surface area contributed by atoms with Crippen LogP contribution >= 0.6 is 0 Å². The highest BCUT2D eigenvalue weighted by Crippen LogP contribution is 2.47. The summed E-state index contributed by atoms with van der Waals surface area (Å²) >= 11 is 0. The molecule has 1 heterocycles. The van der Waals surface area contributed by atoms with Crippen LogP contribution in [-0.4, -0.2) is 41.2 Å². The van der Waals surface area contributed by atoms with Crippen molar-refractivity contribution >= 4 is 5.91 Å². The summed E-state index contributed by atoms with van der Waals surface area (Å²) in [7, 11) is 0. The van der Waals surface area contributed by atoms with Gasteiger partial charge in [-0.05, 0) is 42.4 Å². The molecular weight excluding hydrogens is 280 g/mol. The average molecular weight is 304 g/mol. The van der Waals surface area contributed by atoms with Gasteiger partial charge in [0, 0.05) is 19.6 Å². The maximum Gasteiger partial charge on any atom is 0.255 e. The van der Waals surface area contributed by atoms with E-state index in [-0.39, 0.29) is 6.61 Å². The number of carbonyl (C=O) groups excluding carboxylic acids is 1. The van der Waals surface area contributed by atoms with Gasteiger partial charge < -0.3 is 15.6 Å². The summed E-state index contributed by atoms with van der Waals surface area (Å²) in [6, 6.07) is 7.70. The lowest BCUT2D eigenvalue weighted by molar-refractivity contribution is -0.119. The number of hydrogen-bond acceptors (Lipinski definition) is 4. The Kier molecular flexibility index (Phi) is 4.10. The Morgan fingerprint density at radius 1 is 1.50 bits per heavy atom. The van der Waals surface area contributed by atoms with Gasteiger partial charge in [0.2, 0.25) is 0 Å². The summed E-state index contributed by atoms with van der Waals surface area (Å²) in [4.78, 5) is 13.1. The summed E-state index contributed by atoms with van der Waals surface area (Å²) in [5.74, 6) is 0.973. The van der Waals surface area contributed by atoms with Crippen LogP contribution < -0.4 is 10.5 Å². The molecule has 120 valence electrons. The molecule has 3 N–H and O–H groups in total. The predicted molar refractivity (Wildman–Crippen MR) is 83.2 cm³/mol. The molecule has 1 amide bonds. The van der Waals surface area contributed by atoms with E-state index in [1.165, 1.54) is 0 Å². The molecule has 5 nitrogen and oxygen atoms in total. The van der Waals surface area contributed by atoms with Crippen molar-refractivity contribution in [1.29, 1.82) is 0 Å². The Morgan fingerprint density at radius 3 is 2.95 bits per heavy atom. The minimum Gasteiger partial charge on any atom is -0.484 e. The zero-order chi connectivity index (χ0) is 15.7. The molecule has 1 aromatic rings. The third-order valence-corrected chi connectivity index (χ3v) is 4.83. The van der Waals surface area contributed by atoms with Gasteiger partial charge in [-0.15, -0.1) is 0 Å². The first kappa shape index (κ1) is 15.3. The smallest absolute Gasteiger partial charge is 0.255 e. The minimum absolute atomic E-state index is 0.106. The van der Waals surface area contributed by atoms with Gasteiger partial charge >= 0.3 is 0 Å². The van der Waals surface area contributed by atoms with E-state index in [1.54, 1.807) is 0 Å². The molecule has 1 aromatic carbocycles. The quantitative estimate of drug-likeness (QED) is 0.826. The number of likely N-dealkylation sites (tertiary alicyclic amines) is 1. The summed E-state index contributed by atoms with van der Waals surface area (Å²) in [6.45, 7) is 4.48. The molecule has 2 aliphatic rings. The molecular formula is C17H24N2O3. The summed E-state index contributed by atoms with van der Waals surface area (Å²) in [5.41, 5.74) is 5.70. The number of amides is 1. The van der Waals surface area contributed by atoms with Crippen molar-refractivity contribution < 1.29 is 14.6 Å². The highest BCUT2D eigenvalue weighted by atomic mass is 16.5.